The number of carbonyl (C=O) groups is 1. The quantitative estimate of drug-likeness (QED) is 0.357. The Labute approximate surface area is 185 Å². The molecule has 0 unspecified atom stereocenters. The minimum Gasteiger partial charge on any atom is -0.455 e. The molecule has 4 nitrogen and oxygen atoms in total. The first-order valence-electron chi connectivity index (χ1n) is 10.1. The highest BCUT2D eigenvalue weighted by molar-refractivity contribution is 9.10. The Morgan fingerprint density at radius 3 is 2.60 bits per heavy atom. The molecule has 2 aromatic carbocycles. The van der Waals surface area contributed by atoms with Crippen LogP contribution >= 0.6 is 15.9 Å². The van der Waals surface area contributed by atoms with Crippen molar-refractivity contribution in [2.45, 2.75) is 38.5 Å². The highest BCUT2D eigenvalue weighted by Gasteiger charge is 2.44. The number of rotatable bonds is 5. The molecule has 5 heteroatoms. The molecule has 1 aliphatic carbocycles. The lowest BCUT2D eigenvalue weighted by Gasteiger charge is -2.19. The zero-order valence-electron chi connectivity index (χ0n) is 17.4. The molecule has 0 spiro atoms. The van der Waals surface area contributed by atoms with Gasteiger partial charge in [0.1, 0.15) is 11.5 Å². The molecule has 0 radical (unpaired) electrons. The molecule has 1 aromatic heterocycles. The third-order valence-electron chi connectivity index (χ3n) is 5.43. The molecule has 4 rings (SSSR count). The van der Waals surface area contributed by atoms with Crippen LogP contribution in [0.3, 0.4) is 0 Å². The molecule has 30 heavy (non-hydrogen) atoms. The summed E-state index contributed by atoms with van der Waals surface area (Å²) in [5, 5.41) is 4.07. The number of nitrogens with zero attached hydrogens (tertiary/aromatic N) is 1. The van der Waals surface area contributed by atoms with E-state index < -0.39 is 0 Å². The minimum atomic E-state index is -0.0464. The Morgan fingerprint density at radius 2 is 1.90 bits per heavy atom. The SMILES string of the molecule is CC(C)(C)c1ccc([C@H]2C[C@@H]2C(=O)NN=Cc2ccc(-c3cccc(Br)c3)o2)cc1. The molecule has 1 N–H and O–H groups in total. The summed E-state index contributed by atoms with van der Waals surface area (Å²) >= 11 is 3.46. The lowest BCUT2D eigenvalue weighted by atomic mass is 9.86. The fourth-order valence-electron chi connectivity index (χ4n) is 3.55. The van der Waals surface area contributed by atoms with Crippen LogP contribution in [0.2, 0.25) is 0 Å². The summed E-state index contributed by atoms with van der Waals surface area (Å²) in [6.07, 6.45) is 2.40. The number of hydrazone groups is 1. The molecule has 154 valence electrons. The molecule has 1 aliphatic rings. The average molecular weight is 465 g/mol. The van der Waals surface area contributed by atoms with Crippen LogP contribution in [0, 0.1) is 5.92 Å². The van der Waals surface area contributed by atoms with E-state index in [1.165, 1.54) is 17.3 Å². The number of halogens is 1. The third-order valence-corrected chi connectivity index (χ3v) is 5.93. The standard InChI is InChI=1S/C25H25BrN2O2/c1-25(2,3)18-9-7-16(8-10-18)21-14-22(21)24(29)28-27-15-20-11-12-23(30-20)17-5-4-6-19(26)13-17/h4-13,15,21-22H,14H2,1-3H3,(H,28,29)/t21-,22+/m1/s1. The van der Waals surface area contributed by atoms with Crippen LogP contribution in [0.4, 0.5) is 0 Å². The maximum absolute atomic E-state index is 12.4. The van der Waals surface area contributed by atoms with Gasteiger partial charge in [-0.3, -0.25) is 4.79 Å². The van der Waals surface area contributed by atoms with Crippen molar-refractivity contribution in [3.8, 4) is 11.3 Å². The monoisotopic (exact) mass is 464 g/mol. The van der Waals surface area contributed by atoms with Crippen LogP contribution in [0.5, 0.6) is 0 Å². The van der Waals surface area contributed by atoms with Gasteiger partial charge in [0, 0.05) is 16.0 Å². The molecule has 0 aliphatic heterocycles. The van der Waals surface area contributed by atoms with E-state index in [4.69, 9.17) is 4.42 Å². The number of nitrogens with one attached hydrogen (secondary N) is 1. The van der Waals surface area contributed by atoms with E-state index in [0.29, 0.717) is 5.76 Å². The first-order valence-corrected chi connectivity index (χ1v) is 10.9. The van der Waals surface area contributed by atoms with Gasteiger partial charge in [0.2, 0.25) is 5.91 Å². The highest BCUT2D eigenvalue weighted by Crippen LogP contribution is 2.47. The molecule has 0 bridgehead atoms. The summed E-state index contributed by atoms with van der Waals surface area (Å²) in [6.45, 7) is 6.61. The lowest BCUT2D eigenvalue weighted by Crippen LogP contribution is -2.20. The molecular formula is C25H25BrN2O2. The molecular weight excluding hydrogens is 440 g/mol. The largest absolute Gasteiger partial charge is 0.455 e. The maximum Gasteiger partial charge on any atom is 0.243 e. The number of hydrogen-bond acceptors (Lipinski definition) is 3. The summed E-state index contributed by atoms with van der Waals surface area (Å²) < 4.78 is 6.78. The van der Waals surface area contributed by atoms with Gasteiger partial charge < -0.3 is 4.42 Å². The third kappa shape index (κ3) is 4.73. The lowest BCUT2D eigenvalue weighted by molar-refractivity contribution is -0.122. The van der Waals surface area contributed by atoms with Gasteiger partial charge in [-0.2, -0.15) is 5.10 Å². The van der Waals surface area contributed by atoms with E-state index in [-0.39, 0.29) is 23.2 Å². The van der Waals surface area contributed by atoms with Crippen LogP contribution in [0.25, 0.3) is 11.3 Å². The summed E-state index contributed by atoms with van der Waals surface area (Å²) in [7, 11) is 0. The van der Waals surface area contributed by atoms with Gasteiger partial charge in [0.05, 0.1) is 6.21 Å². The summed E-state index contributed by atoms with van der Waals surface area (Å²) in [6, 6.07) is 20.2. The molecule has 0 saturated heterocycles. The van der Waals surface area contributed by atoms with Crippen LogP contribution in [-0.2, 0) is 10.2 Å². The summed E-state index contributed by atoms with van der Waals surface area (Å²) in [4.78, 5) is 12.4. The maximum atomic E-state index is 12.4. The summed E-state index contributed by atoms with van der Waals surface area (Å²) in [5.41, 5.74) is 6.29. The van der Waals surface area contributed by atoms with Crippen molar-refractivity contribution in [3.63, 3.8) is 0 Å². The smallest absolute Gasteiger partial charge is 0.243 e. The van der Waals surface area contributed by atoms with Gasteiger partial charge in [0.25, 0.3) is 0 Å². The molecule has 1 fully saturated rings. The minimum absolute atomic E-state index is 0.0172. The van der Waals surface area contributed by atoms with Crippen molar-refractivity contribution in [1.82, 2.24) is 5.43 Å². The molecule has 1 amide bonds. The number of hydrogen-bond donors (Lipinski definition) is 1. The van der Waals surface area contributed by atoms with Crippen LogP contribution in [0.15, 0.2) is 74.7 Å². The van der Waals surface area contributed by atoms with E-state index in [1.807, 2.05) is 36.4 Å². The van der Waals surface area contributed by atoms with Crippen LogP contribution < -0.4 is 5.43 Å². The Morgan fingerprint density at radius 1 is 1.13 bits per heavy atom. The molecule has 1 saturated carbocycles. The molecule has 2 atom stereocenters. The van der Waals surface area contributed by atoms with E-state index >= 15 is 0 Å². The van der Waals surface area contributed by atoms with Crippen molar-refractivity contribution < 1.29 is 9.21 Å². The zero-order chi connectivity index (χ0) is 21.3. The fraction of sp³-hybridized carbons (Fsp3) is 0.280. The van der Waals surface area contributed by atoms with Crippen molar-refractivity contribution >= 4 is 28.1 Å². The Kier molecular flexibility index (Phi) is 5.65. The predicted molar refractivity (Wildman–Crippen MR) is 124 cm³/mol. The van der Waals surface area contributed by atoms with Crippen molar-refractivity contribution in [3.05, 3.63) is 82.0 Å². The average Bonchev–Trinajstić information content (AvgIpc) is 3.38. The van der Waals surface area contributed by atoms with Gasteiger partial charge in [-0.05, 0) is 53.1 Å². The van der Waals surface area contributed by atoms with E-state index in [9.17, 15) is 4.79 Å². The first-order chi connectivity index (χ1) is 14.3. The van der Waals surface area contributed by atoms with Crippen molar-refractivity contribution in [2.75, 3.05) is 0 Å². The van der Waals surface area contributed by atoms with Crippen molar-refractivity contribution in [1.29, 1.82) is 0 Å². The fourth-order valence-corrected chi connectivity index (χ4v) is 3.94. The second-order valence-corrected chi connectivity index (χ2v) is 9.68. The molecule has 1 heterocycles. The number of amides is 1. The Hall–Kier alpha value is -2.66. The van der Waals surface area contributed by atoms with Crippen LogP contribution in [-0.4, -0.2) is 12.1 Å². The molecule has 3 aromatic rings. The van der Waals surface area contributed by atoms with E-state index in [0.717, 1.165) is 22.2 Å². The van der Waals surface area contributed by atoms with Gasteiger partial charge >= 0.3 is 0 Å². The van der Waals surface area contributed by atoms with Gasteiger partial charge in [-0.25, -0.2) is 5.43 Å². The zero-order valence-corrected chi connectivity index (χ0v) is 18.9. The Bertz CT molecular complexity index is 1080. The predicted octanol–water partition coefficient (Wildman–Crippen LogP) is 6.26. The Balaban J connectivity index is 1.32. The first kappa shape index (κ1) is 20.6. The topological polar surface area (TPSA) is 54.6 Å². The second-order valence-electron chi connectivity index (χ2n) is 8.77. The van der Waals surface area contributed by atoms with Gasteiger partial charge in [-0.15, -0.1) is 0 Å². The summed E-state index contributed by atoms with van der Waals surface area (Å²) in [5.74, 6) is 1.56. The highest BCUT2D eigenvalue weighted by atomic mass is 79.9. The number of furan rings is 1. The van der Waals surface area contributed by atoms with E-state index in [2.05, 4.69) is 71.5 Å². The van der Waals surface area contributed by atoms with E-state index in [1.54, 1.807) is 0 Å². The van der Waals surface area contributed by atoms with Gasteiger partial charge in [0.15, 0.2) is 0 Å². The normalized spacial score (nSPS) is 18.5. The van der Waals surface area contributed by atoms with Gasteiger partial charge in [-0.1, -0.05) is 73.1 Å². The van der Waals surface area contributed by atoms with Crippen LogP contribution in [0.1, 0.15) is 50.0 Å². The number of carbonyl (C=O) groups excluding carboxylic acids is 1. The van der Waals surface area contributed by atoms with Crippen molar-refractivity contribution in [2.24, 2.45) is 11.0 Å². The second kappa shape index (κ2) is 8.23. The number of benzene rings is 2.